The van der Waals surface area contributed by atoms with Crippen LogP contribution in [0.25, 0.3) is 0 Å². The number of nitrogens with zero attached hydrogens (tertiary/aromatic N) is 2. The van der Waals surface area contributed by atoms with Crippen LogP contribution in [0.5, 0.6) is 0 Å². The van der Waals surface area contributed by atoms with E-state index in [9.17, 15) is 14.4 Å². The maximum atomic E-state index is 12.8. The second-order valence-corrected chi connectivity index (χ2v) is 6.13. The Kier molecular flexibility index (Phi) is 6.13. The first-order chi connectivity index (χ1) is 13.5. The summed E-state index contributed by atoms with van der Waals surface area (Å²) in [5.41, 5.74) is -0.0268. The molecule has 2 aliphatic rings. The quantitative estimate of drug-likeness (QED) is 0.647. The third-order valence-electron chi connectivity index (χ3n) is 4.25. The van der Waals surface area contributed by atoms with Gasteiger partial charge in [0.25, 0.3) is 0 Å². The van der Waals surface area contributed by atoms with Gasteiger partial charge in [-0.15, -0.1) is 0 Å². The predicted molar refractivity (Wildman–Crippen MR) is 95.3 cm³/mol. The minimum absolute atomic E-state index is 0.0233. The van der Waals surface area contributed by atoms with Crippen molar-refractivity contribution < 1.29 is 33.3 Å². The monoisotopic (exact) mass is 390 g/mol. The number of hydrogen-bond donors (Lipinski definition) is 0. The lowest BCUT2D eigenvalue weighted by Crippen LogP contribution is -2.26. The highest BCUT2D eigenvalue weighted by Crippen LogP contribution is 2.28. The summed E-state index contributed by atoms with van der Waals surface area (Å²) in [6, 6.07) is 1.28. The zero-order valence-corrected chi connectivity index (χ0v) is 15.8. The van der Waals surface area contributed by atoms with E-state index in [4.69, 9.17) is 18.9 Å². The van der Waals surface area contributed by atoms with Crippen molar-refractivity contribution in [2.75, 3.05) is 26.4 Å². The van der Waals surface area contributed by atoms with Crippen molar-refractivity contribution in [1.29, 1.82) is 0 Å². The summed E-state index contributed by atoms with van der Waals surface area (Å²) in [5.74, 6) is -0.658. The highest BCUT2D eigenvalue weighted by atomic mass is 16.6. The van der Waals surface area contributed by atoms with E-state index in [0.717, 1.165) is 0 Å². The molecule has 1 aromatic rings. The molecule has 0 bridgehead atoms. The Morgan fingerprint density at radius 2 is 1.86 bits per heavy atom. The normalized spacial score (nSPS) is 18.0. The molecule has 1 unspecified atom stereocenters. The van der Waals surface area contributed by atoms with E-state index in [1.165, 1.54) is 10.7 Å². The SMILES string of the molecule is CCOC(=O)c1cc(C(=O)OCC)n(CC(=O)C2C=CC3=C(C2)OCCO3)n1. The molecule has 0 saturated heterocycles. The van der Waals surface area contributed by atoms with Crippen LogP contribution in [0.4, 0.5) is 0 Å². The minimum atomic E-state index is -0.667. The summed E-state index contributed by atoms with van der Waals surface area (Å²) >= 11 is 0. The zero-order chi connectivity index (χ0) is 20.1. The summed E-state index contributed by atoms with van der Waals surface area (Å²) in [7, 11) is 0. The molecule has 2 heterocycles. The van der Waals surface area contributed by atoms with Gasteiger partial charge in [0, 0.05) is 18.4 Å². The number of ketones is 1. The second kappa shape index (κ2) is 8.73. The maximum Gasteiger partial charge on any atom is 0.358 e. The molecular weight excluding hydrogens is 368 g/mol. The molecule has 0 spiro atoms. The van der Waals surface area contributed by atoms with E-state index in [-0.39, 0.29) is 36.9 Å². The van der Waals surface area contributed by atoms with E-state index in [0.29, 0.717) is 31.2 Å². The van der Waals surface area contributed by atoms with Gasteiger partial charge in [0.2, 0.25) is 0 Å². The van der Waals surface area contributed by atoms with E-state index in [2.05, 4.69) is 5.10 Å². The molecule has 1 atom stereocenters. The number of rotatable bonds is 7. The molecule has 0 aromatic carbocycles. The number of carbonyl (C=O) groups excluding carboxylic acids is 3. The van der Waals surface area contributed by atoms with Crippen molar-refractivity contribution in [3.8, 4) is 0 Å². The largest absolute Gasteiger partial charge is 0.490 e. The lowest BCUT2D eigenvalue weighted by Gasteiger charge is -2.25. The molecule has 0 radical (unpaired) electrons. The molecule has 150 valence electrons. The maximum absolute atomic E-state index is 12.8. The van der Waals surface area contributed by atoms with Crippen LogP contribution in [-0.2, 0) is 30.3 Å². The third-order valence-corrected chi connectivity index (χ3v) is 4.25. The Labute approximate surface area is 161 Å². The molecule has 0 amide bonds. The van der Waals surface area contributed by atoms with Crippen LogP contribution < -0.4 is 0 Å². The van der Waals surface area contributed by atoms with Crippen LogP contribution in [0, 0.1) is 5.92 Å². The third kappa shape index (κ3) is 4.24. The first-order valence-corrected chi connectivity index (χ1v) is 9.15. The number of aromatic nitrogens is 2. The molecule has 0 saturated carbocycles. The van der Waals surface area contributed by atoms with Gasteiger partial charge in [-0.1, -0.05) is 6.08 Å². The molecule has 3 rings (SSSR count). The summed E-state index contributed by atoms with van der Waals surface area (Å²) < 4.78 is 22.1. The van der Waals surface area contributed by atoms with Gasteiger partial charge < -0.3 is 18.9 Å². The zero-order valence-electron chi connectivity index (χ0n) is 15.8. The molecule has 1 aromatic heterocycles. The fourth-order valence-electron chi connectivity index (χ4n) is 2.94. The number of esters is 2. The van der Waals surface area contributed by atoms with Crippen molar-refractivity contribution in [3.63, 3.8) is 0 Å². The number of Topliss-reactive ketones (excluding diaryl/α,β-unsaturated/α-hetero) is 1. The van der Waals surface area contributed by atoms with E-state index in [1.807, 2.05) is 0 Å². The van der Waals surface area contributed by atoms with Crippen molar-refractivity contribution >= 4 is 17.7 Å². The van der Waals surface area contributed by atoms with Crippen LogP contribution in [0.1, 0.15) is 41.2 Å². The number of allylic oxidation sites excluding steroid dienone is 3. The van der Waals surface area contributed by atoms with Crippen LogP contribution >= 0.6 is 0 Å². The van der Waals surface area contributed by atoms with Crippen LogP contribution in [0.15, 0.2) is 29.7 Å². The Hall–Kier alpha value is -3.10. The lowest BCUT2D eigenvalue weighted by molar-refractivity contribution is -0.122. The molecular formula is C19H22N2O7. The summed E-state index contributed by atoms with van der Waals surface area (Å²) in [6.45, 7) is 4.40. The van der Waals surface area contributed by atoms with Gasteiger partial charge in [0.15, 0.2) is 17.2 Å². The molecule has 1 aliphatic heterocycles. The smallest absolute Gasteiger partial charge is 0.358 e. The van der Waals surface area contributed by atoms with Gasteiger partial charge in [-0.05, 0) is 19.9 Å². The highest BCUT2D eigenvalue weighted by Gasteiger charge is 2.28. The Bertz CT molecular complexity index is 837. The molecule has 28 heavy (non-hydrogen) atoms. The fourth-order valence-corrected chi connectivity index (χ4v) is 2.94. The van der Waals surface area contributed by atoms with E-state index >= 15 is 0 Å². The molecule has 0 fully saturated rings. The molecule has 9 nitrogen and oxygen atoms in total. The summed E-state index contributed by atoms with van der Waals surface area (Å²) in [5, 5.41) is 4.08. The van der Waals surface area contributed by atoms with Gasteiger partial charge in [0.05, 0.1) is 13.2 Å². The van der Waals surface area contributed by atoms with Gasteiger partial charge in [0.1, 0.15) is 31.2 Å². The van der Waals surface area contributed by atoms with Crippen LogP contribution in [0.2, 0.25) is 0 Å². The molecule has 1 aliphatic carbocycles. The molecule has 0 N–H and O–H groups in total. The van der Waals surface area contributed by atoms with Crippen molar-refractivity contribution in [1.82, 2.24) is 9.78 Å². The Morgan fingerprint density at radius 1 is 1.14 bits per heavy atom. The average Bonchev–Trinajstić information content (AvgIpc) is 3.12. The lowest BCUT2D eigenvalue weighted by atomic mass is 9.94. The van der Waals surface area contributed by atoms with Gasteiger partial charge in [-0.3, -0.25) is 4.79 Å². The summed E-state index contributed by atoms with van der Waals surface area (Å²) in [4.78, 5) is 36.9. The first-order valence-electron chi connectivity index (χ1n) is 9.15. The van der Waals surface area contributed by atoms with Gasteiger partial charge in [-0.25, -0.2) is 14.3 Å². The Morgan fingerprint density at radius 3 is 2.61 bits per heavy atom. The Balaban J connectivity index is 1.77. The standard InChI is InChI=1S/C19H22N2O7/c1-3-25-18(23)13-10-14(19(24)26-4-2)21(20-13)11-15(22)12-5-6-16-17(9-12)28-8-7-27-16/h5-6,10,12H,3-4,7-9,11H2,1-2H3. The van der Waals surface area contributed by atoms with Crippen LogP contribution in [0.3, 0.4) is 0 Å². The first kappa shape index (κ1) is 19.7. The van der Waals surface area contributed by atoms with Crippen LogP contribution in [-0.4, -0.2) is 53.9 Å². The predicted octanol–water partition coefficient (Wildman–Crippen LogP) is 1.64. The van der Waals surface area contributed by atoms with Crippen molar-refractivity contribution in [2.45, 2.75) is 26.8 Å². The highest BCUT2D eigenvalue weighted by molar-refractivity contribution is 5.94. The van der Waals surface area contributed by atoms with Crippen molar-refractivity contribution in [3.05, 3.63) is 41.1 Å². The topological polar surface area (TPSA) is 106 Å². The van der Waals surface area contributed by atoms with E-state index in [1.54, 1.807) is 26.0 Å². The minimum Gasteiger partial charge on any atom is -0.490 e. The number of ether oxygens (including phenoxy) is 4. The second-order valence-electron chi connectivity index (χ2n) is 6.13. The summed E-state index contributed by atoms with van der Waals surface area (Å²) in [6.07, 6.45) is 3.85. The van der Waals surface area contributed by atoms with Crippen molar-refractivity contribution in [2.24, 2.45) is 5.92 Å². The van der Waals surface area contributed by atoms with Gasteiger partial charge >= 0.3 is 11.9 Å². The number of carbonyl (C=O) groups is 3. The fraction of sp³-hybridized carbons (Fsp3) is 0.474. The molecule has 9 heteroatoms. The van der Waals surface area contributed by atoms with Gasteiger partial charge in [-0.2, -0.15) is 5.10 Å². The average molecular weight is 390 g/mol. The number of hydrogen-bond acceptors (Lipinski definition) is 8. The van der Waals surface area contributed by atoms with E-state index < -0.39 is 17.9 Å².